The lowest BCUT2D eigenvalue weighted by molar-refractivity contribution is -0.147. The lowest BCUT2D eigenvalue weighted by Crippen LogP contribution is -2.52. The molecule has 1 aliphatic rings. The summed E-state index contributed by atoms with van der Waals surface area (Å²) in [5.74, 6) is -4.63. The van der Waals surface area contributed by atoms with Crippen molar-refractivity contribution in [3.8, 4) is 0 Å². The van der Waals surface area contributed by atoms with Crippen molar-refractivity contribution in [3.63, 3.8) is 0 Å². The van der Waals surface area contributed by atoms with Crippen molar-refractivity contribution >= 4 is 29.7 Å². The molecule has 11 nitrogen and oxygen atoms in total. The molecule has 3 unspecified atom stereocenters. The van der Waals surface area contributed by atoms with E-state index in [-0.39, 0.29) is 5.91 Å². The molecule has 0 aliphatic carbocycles. The molecular weight excluding hydrogens is 336 g/mol. The summed E-state index contributed by atoms with van der Waals surface area (Å²) in [6.45, 7) is 1.38. The molecule has 140 valence electrons. The molecule has 25 heavy (non-hydrogen) atoms. The number of nitrogens with zero attached hydrogens (tertiary/aromatic N) is 1. The molecule has 3 amide bonds. The average Bonchev–Trinajstić information content (AvgIpc) is 2.99. The number of nitrogens with one attached hydrogen (secondary N) is 2. The molecule has 1 rings (SSSR count). The Hall–Kier alpha value is -2.69. The van der Waals surface area contributed by atoms with Crippen LogP contribution in [-0.4, -0.2) is 76.0 Å². The Kier molecular flexibility index (Phi) is 7.30. The second kappa shape index (κ2) is 8.97. The first-order valence-electron chi connectivity index (χ1n) is 7.71. The summed E-state index contributed by atoms with van der Waals surface area (Å²) in [7, 11) is 0. The van der Waals surface area contributed by atoms with Crippen LogP contribution >= 0.6 is 0 Å². The van der Waals surface area contributed by atoms with Crippen LogP contribution in [0.3, 0.4) is 0 Å². The summed E-state index contributed by atoms with van der Waals surface area (Å²) in [5, 5.41) is 21.8. The minimum atomic E-state index is -1.59. The third-order valence-electron chi connectivity index (χ3n) is 3.66. The number of hydrogen-bond acceptors (Lipinski definition) is 6. The van der Waals surface area contributed by atoms with Gasteiger partial charge in [0.05, 0.1) is 19.0 Å². The van der Waals surface area contributed by atoms with Crippen molar-refractivity contribution in [2.45, 2.75) is 44.3 Å². The van der Waals surface area contributed by atoms with E-state index in [2.05, 4.69) is 5.32 Å². The molecule has 0 aromatic heterocycles. The molecule has 6 N–H and O–H groups in total. The van der Waals surface area contributed by atoms with Gasteiger partial charge in [-0.15, -0.1) is 0 Å². The number of rotatable bonds is 8. The molecular formula is C14H22N4O7. The third-order valence-corrected chi connectivity index (χ3v) is 3.66. The molecule has 3 atom stereocenters. The smallest absolute Gasteiger partial charge is 0.326 e. The highest BCUT2D eigenvalue weighted by molar-refractivity contribution is 5.93. The second-order valence-corrected chi connectivity index (χ2v) is 5.75. The van der Waals surface area contributed by atoms with E-state index in [4.69, 9.17) is 15.9 Å². The highest BCUT2D eigenvalue weighted by Crippen LogP contribution is 2.18. The molecule has 1 fully saturated rings. The lowest BCUT2D eigenvalue weighted by Gasteiger charge is -2.25. The molecule has 0 bridgehead atoms. The maximum atomic E-state index is 12.1. The van der Waals surface area contributed by atoms with E-state index in [1.165, 1.54) is 11.8 Å². The Morgan fingerprint density at radius 2 is 1.88 bits per heavy atom. The fourth-order valence-electron chi connectivity index (χ4n) is 2.47. The zero-order chi connectivity index (χ0) is 19.1. The van der Waals surface area contributed by atoms with Gasteiger partial charge in [-0.2, -0.15) is 0 Å². The van der Waals surface area contributed by atoms with Gasteiger partial charge in [0.25, 0.3) is 0 Å². The van der Waals surface area contributed by atoms with Gasteiger partial charge in [0, 0.05) is 6.54 Å². The van der Waals surface area contributed by atoms with Crippen molar-refractivity contribution in [1.82, 2.24) is 15.5 Å². The topological polar surface area (TPSA) is 179 Å². The van der Waals surface area contributed by atoms with Crippen LogP contribution in [0.25, 0.3) is 0 Å². The van der Waals surface area contributed by atoms with Crippen LogP contribution in [0.5, 0.6) is 0 Å². The standard InChI is InChI=1S/C14H22N4O7/c1-7(15)13(23)18-4-2-3-9(18)12(22)16-6-10(19)17-8(14(24)25)5-11(20)21/h7-9H,2-6,15H2,1H3,(H,16,22)(H,17,19)(H,20,21)(H,24,25). The highest BCUT2D eigenvalue weighted by atomic mass is 16.4. The summed E-state index contributed by atoms with van der Waals surface area (Å²) < 4.78 is 0. The first-order chi connectivity index (χ1) is 11.6. The average molecular weight is 358 g/mol. The minimum absolute atomic E-state index is 0.366. The Morgan fingerprint density at radius 1 is 1.24 bits per heavy atom. The van der Waals surface area contributed by atoms with Gasteiger partial charge in [-0.1, -0.05) is 0 Å². The van der Waals surface area contributed by atoms with Crippen LogP contribution < -0.4 is 16.4 Å². The summed E-state index contributed by atoms with van der Waals surface area (Å²) in [6.07, 6.45) is 0.277. The predicted molar refractivity (Wildman–Crippen MR) is 83.2 cm³/mol. The number of carboxylic acid groups (broad SMARTS) is 2. The van der Waals surface area contributed by atoms with E-state index in [9.17, 15) is 24.0 Å². The zero-order valence-corrected chi connectivity index (χ0v) is 13.7. The van der Waals surface area contributed by atoms with Crippen molar-refractivity contribution in [3.05, 3.63) is 0 Å². The second-order valence-electron chi connectivity index (χ2n) is 5.75. The number of carbonyl (C=O) groups is 5. The molecule has 0 aromatic carbocycles. The molecule has 1 saturated heterocycles. The lowest BCUT2D eigenvalue weighted by atomic mass is 10.2. The van der Waals surface area contributed by atoms with Crippen molar-refractivity contribution in [2.75, 3.05) is 13.1 Å². The Bertz CT molecular complexity index is 563. The number of aliphatic carboxylic acids is 2. The first-order valence-corrected chi connectivity index (χ1v) is 7.71. The molecule has 11 heteroatoms. The van der Waals surface area contributed by atoms with Crippen LogP contribution in [0, 0.1) is 0 Å². The van der Waals surface area contributed by atoms with Gasteiger partial charge in [-0.25, -0.2) is 4.79 Å². The monoisotopic (exact) mass is 358 g/mol. The quantitative estimate of drug-likeness (QED) is 0.315. The van der Waals surface area contributed by atoms with Crippen molar-refractivity contribution in [2.24, 2.45) is 5.73 Å². The van der Waals surface area contributed by atoms with Gasteiger partial charge in [0.15, 0.2) is 0 Å². The maximum Gasteiger partial charge on any atom is 0.326 e. The summed E-state index contributed by atoms with van der Waals surface area (Å²) in [4.78, 5) is 58.6. The molecule has 0 spiro atoms. The fraction of sp³-hybridized carbons (Fsp3) is 0.643. The zero-order valence-electron chi connectivity index (χ0n) is 13.7. The van der Waals surface area contributed by atoms with E-state index in [1.54, 1.807) is 0 Å². The first kappa shape index (κ1) is 20.4. The molecule has 0 radical (unpaired) electrons. The van der Waals surface area contributed by atoms with Crippen molar-refractivity contribution in [1.29, 1.82) is 0 Å². The summed E-state index contributed by atoms with van der Waals surface area (Å²) in [6, 6.07) is -3.07. The van der Waals surface area contributed by atoms with Crippen LogP contribution in [0.15, 0.2) is 0 Å². The largest absolute Gasteiger partial charge is 0.481 e. The van der Waals surface area contributed by atoms with E-state index in [0.29, 0.717) is 19.4 Å². The maximum absolute atomic E-state index is 12.1. The predicted octanol–water partition coefficient (Wildman–Crippen LogP) is -2.52. The highest BCUT2D eigenvalue weighted by Gasteiger charge is 2.35. The normalized spacial score (nSPS) is 19.0. The SMILES string of the molecule is CC(N)C(=O)N1CCCC1C(=O)NCC(=O)NC(CC(=O)O)C(=O)O. The minimum Gasteiger partial charge on any atom is -0.481 e. The number of carbonyl (C=O) groups excluding carboxylic acids is 3. The van der Waals surface area contributed by atoms with E-state index < -0.39 is 54.8 Å². The molecule has 1 aliphatic heterocycles. The number of hydrogen-bond donors (Lipinski definition) is 5. The Morgan fingerprint density at radius 3 is 2.40 bits per heavy atom. The molecule has 0 aromatic rings. The number of carboxylic acids is 2. The van der Waals surface area contributed by atoms with Gasteiger partial charge in [0.2, 0.25) is 17.7 Å². The van der Waals surface area contributed by atoms with Crippen LogP contribution in [-0.2, 0) is 24.0 Å². The number of likely N-dealkylation sites (tertiary alicyclic amines) is 1. The number of amides is 3. The Labute approximate surface area is 143 Å². The van der Waals surface area contributed by atoms with E-state index >= 15 is 0 Å². The van der Waals surface area contributed by atoms with E-state index in [0.717, 1.165) is 0 Å². The van der Waals surface area contributed by atoms with Gasteiger partial charge in [-0.3, -0.25) is 19.2 Å². The summed E-state index contributed by atoms with van der Waals surface area (Å²) >= 11 is 0. The van der Waals surface area contributed by atoms with Crippen molar-refractivity contribution < 1.29 is 34.2 Å². The van der Waals surface area contributed by atoms with Crippen LogP contribution in [0.1, 0.15) is 26.2 Å². The fourth-order valence-corrected chi connectivity index (χ4v) is 2.47. The molecule has 1 heterocycles. The van der Waals surface area contributed by atoms with Gasteiger partial charge >= 0.3 is 11.9 Å². The van der Waals surface area contributed by atoms with E-state index in [1.807, 2.05) is 5.32 Å². The van der Waals surface area contributed by atoms with Crippen LogP contribution in [0.4, 0.5) is 0 Å². The van der Waals surface area contributed by atoms with Gasteiger partial charge in [0.1, 0.15) is 12.1 Å². The van der Waals surface area contributed by atoms with Gasteiger partial charge < -0.3 is 31.5 Å². The Balaban J connectivity index is 2.54. The summed E-state index contributed by atoms with van der Waals surface area (Å²) in [5.41, 5.74) is 5.53. The molecule has 0 saturated carbocycles. The third kappa shape index (κ3) is 6.03. The van der Waals surface area contributed by atoms with Gasteiger partial charge in [-0.05, 0) is 19.8 Å². The van der Waals surface area contributed by atoms with Crippen LogP contribution in [0.2, 0.25) is 0 Å². The number of nitrogens with two attached hydrogens (primary N) is 1.